The summed E-state index contributed by atoms with van der Waals surface area (Å²) < 4.78 is 11.0. The summed E-state index contributed by atoms with van der Waals surface area (Å²) in [6.07, 6.45) is 0. The molecule has 3 rings (SSSR count). The van der Waals surface area contributed by atoms with Gasteiger partial charge in [-0.1, -0.05) is 11.2 Å². The van der Waals surface area contributed by atoms with Crippen LogP contribution in [-0.4, -0.2) is 21.0 Å². The molecular weight excluding hydrogens is 372 g/mol. The lowest BCUT2D eigenvalue weighted by Gasteiger charge is -2.00. The number of carbonyl (C=O) groups is 1. The van der Waals surface area contributed by atoms with Crippen LogP contribution in [0.25, 0.3) is 11.7 Å². The maximum Gasteiger partial charge on any atom is 0.322 e. The second-order valence-corrected chi connectivity index (χ2v) is 5.06. The molecule has 2 heterocycles. The molecule has 0 aliphatic heterocycles. The lowest BCUT2D eigenvalue weighted by Crippen LogP contribution is -2.12. The quantitative estimate of drug-likeness (QED) is 0.545. The van der Waals surface area contributed by atoms with Crippen molar-refractivity contribution in [3.63, 3.8) is 0 Å². The van der Waals surface area contributed by atoms with Crippen molar-refractivity contribution in [2.45, 2.75) is 0 Å². The first-order valence-electron chi connectivity index (χ1n) is 6.18. The number of anilines is 1. The van der Waals surface area contributed by atoms with Crippen molar-refractivity contribution in [3.8, 4) is 11.7 Å². The van der Waals surface area contributed by atoms with Gasteiger partial charge in [-0.2, -0.15) is 0 Å². The molecular formula is C13H7BrN4O5. The summed E-state index contributed by atoms with van der Waals surface area (Å²) in [5.41, 5.74) is -0.0935. The van der Waals surface area contributed by atoms with Crippen LogP contribution in [0.5, 0.6) is 0 Å². The largest absolute Gasteiger partial charge is 0.444 e. The Morgan fingerprint density at radius 1 is 1.22 bits per heavy atom. The number of non-ortho nitro benzene ring substituents is 1. The van der Waals surface area contributed by atoms with Crippen molar-refractivity contribution in [3.05, 3.63) is 56.7 Å². The minimum atomic E-state index is -0.607. The Hall–Kier alpha value is -3.01. The molecule has 116 valence electrons. The summed E-state index contributed by atoms with van der Waals surface area (Å²) in [5, 5.41) is 20.5. The number of nitrogens with zero attached hydrogens (tertiary/aromatic N) is 3. The number of carbonyl (C=O) groups excluding carboxylic acids is 1. The van der Waals surface area contributed by atoms with E-state index < -0.39 is 10.8 Å². The van der Waals surface area contributed by atoms with Crippen LogP contribution >= 0.6 is 15.9 Å². The van der Waals surface area contributed by atoms with E-state index in [1.54, 1.807) is 12.1 Å². The zero-order chi connectivity index (χ0) is 16.4. The maximum absolute atomic E-state index is 12.0. The van der Waals surface area contributed by atoms with Crippen molar-refractivity contribution in [2.75, 3.05) is 5.32 Å². The zero-order valence-corrected chi connectivity index (χ0v) is 12.8. The van der Waals surface area contributed by atoms with Gasteiger partial charge in [0.25, 0.3) is 17.5 Å². The van der Waals surface area contributed by atoms with Crippen molar-refractivity contribution < 1.29 is 18.6 Å². The first-order valence-corrected chi connectivity index (χ1v) is 6.97. The minimum absolute atomic E-state index is 0.0880. The van der Waals surface area contributed by atoms with E-state index in [0.717, 1.165) is 6.07 Å². The highest BCUT2D eigenvalue weighted by Gasteiger charge is 2.16. The van der Waals surface area contributed by atoms with Gasteiger partial charge in [-0.25, -0.2) is 0 Å². The number of rotatable bonds is 4. The van der Waals surface area contributed by atoms with Gasteiger partial charge in [0.2, 0.25) is 0 Å². The fourth-order valence-electron chi connectivity index (χ4n) is 1.73. The van der Waals surface area contributed by atoms with E-state index >= 15 is 0 Å². The summed E-state index contributed by atoms with van der Waals surface area (Å²) >= 11 is 3.14. The molecule has 10 heteroatoms. The molecule has 0 radical (unpaired) electrons. The third-order valence-corrected chi connectivity index (χ3v) is 3.17. The molecule has 0 saturated heterocycles. The molecule has 0 saturated carbocycles. The maximum atomic E-state index is 12.0. The van der Waals surface area contributed by atoms with Crippen LogP contribution in [0, 0.1) is 10.1 Å². The van der Waals surface area contributed by atoms with Crippen LogP contribution in [0.3, 0.4) is 0 Å². The fourth-order valence-corrected chi connectivity index (χ4v) is 2.04. The molecule has 1 aromatic carbocycles. The molecule has 1 amide bonds. The normalized spacial score (nSPS) is 10.5. The number of amides is 1. The lowest BCUT2D eigenvalue weighted by molar-refractivity contribution is -0.384. The Morgan fingerprint density at radius 2 is 2.04 bits per heavy atom. The fraction of sp³-hybridized carbons (Fsp3) is 0. The third-order valence-electron chi connectivity index (χ3n) is 2.75. The number of halogens is 1. The number of nitrogens with one attached hydrogen (secondary N) is 1. The first-order chi connectivity index (χ1) is 11.0. The highest BCUT2D eigenvalue weighted by molar-refractivity contribution is 9.10. The summed E-state index contributed by atoms with van der Waals surface area (Å²) in [7, 11) is 0. The van der Waals surface area contributed by atoms with Gasteiger partial charge >= 0.3 is 6.01 Å². The predicted octanol–water partition coefficient (Wildman–Crippen LogP) is 3.25. The van der Waals surface area contributed by atoms with Crippen LogP contribution in [0.1, 0.15) is 10.4 Å². The topological polar surface area (TPSA) is 124 Å². The highest BCUT2D eigenvalue weighted by atomic mass is 79.9. The van der Waals surface area contributed by atoms with Crippen LogP contribution in [0.15, 0.2) is 49.9 Å². The van der Waals surface area contributed by atoms with Crippen LogP contribution < -0.4 is 5.32 Å². The Labute approximate surface area is 136 Å². The van der Waals surface area contributed by atoms with Gasteiger partial charge in [0.05, 0.1) is 4.92 Å². The number of hydrogen-bond donors (Lipinski definition) is 1. The second kappa shape index (κ2) is 6.01. The number of furan rings is 1. The van der Waals surface area contributed by atoms with Crippen molar-refractivity contribution in [2.24, 2.45) is 0 Å². The van der Waals surface area contributed by atoms with Crippen LogP contribution in [0.2, 0.25) is 0 Å². The number of benzene rings is 1. The Morgan fingerprint density at radius 3 is 2.74 bits per heavy atom. The van der Waals surface area contributed by atoms with Gasteiger partial charge in [-0.15, -0.1) is 5.10 Å². The Balaban J connectivity index is 1.77. The molecule has 0 aliphatic rings. The van der Waals surface area contributed by atoms with E-state index in [0.29, 0.717) is 10.4 Å². The van der Waals surface area contributed by atoms with Crippen LogP contribution in [-0.2, 0) is 0 Å². The molecule has 9 nitrogen and oxygen atoms in total. The zero-order valence-electron chi connectivity index (χ0n) is 11.2. The molecule has 0 aliphatic carbocycles. The van der Waals surface area contributed by atoms with Gasteiger partial charge in [0.1, 0.15) is 0 Å². The smallest absolute Gasteiger partial charge is 0.322 e. The molecule has 1 N–H and O–H groups in total. The second-order valence-electron chi connectivity index (χ2n) is 4.28. The molecule has 0 unspecified atom stereocenters. The first kappa shape index (κ1) is 14.9. The third kappa shape index (κ3) is 3.26. The molecule has 0 atom stereocenters. The van der Waals surface area contributed by atoms with Crippen molar-refractivity contribution in [1.82, 2.24) is 10.2 Å². The average Bonchev–Trinajstić information content (AvgIpc) is 3.16. The molecule has 0 spiro atoms. The van der Waals surface area contributed by atoms with E-state index in [1.807, 2.05) is 0 Å². The van der Waals surface area contributed by atoms with Crippen molar-refractivity contribution in [1.29, 1.82) is 0 Å². The van der Waals surface area contributed by atoms with E-state index in [2.05, 4.69) is 31.4 Å². The van der Waals surface area contributed by atoms with Crippen molar-refractivity contribution >= 4 is 33.5 Å². The average molecular weight is 379 g/mol. The Kier molecular flexibility index (Phi) is 3.89. The lowest BCUT2D eigenvalue weighted by atomic mass is 10.2. The monoisotopic (exact) mass is 378 g/mol. The minimum Gasteiger partial charge on any atom is -0.444 e. The van der Waals surface area contributed by atoms with Crippen LogP contribution in [0.4, 0.5) is 11.7 Å². The molecule has 2 aromatic heterocycles. The summed E-state index contributed by atoms with van der Waals surface area (Å²) in [6.45, 7) is 0. The number of hydrogen-bond acceptors (Lipinski definition) is 7. The predicted molar refractivity (Wildman–Crippen MR) is 80.7 cm³/mol. The van der Waals surface area contributed by atoms with Gasteiger partial charge in [-0.3, -0.25) is 20.2 Å². The molecule has 23 heavy (non-hydrogen) atoms. The van der Waals surface area contributed by atoms with Gasteiger partial charge in [0.15, 0.2) is 10.4 Å². The molecule has 0 bridgehead atoms. The van der Waals surface area contributed by atoms with Gasteiger partial charge < -0.3 is 8.83 Å². The number of aromatic nitrogens is 2. The van der Waals surface area contributed by atoms with Gasteiger partial charge in [0, 0.05) is 17.7 Å². The SMILES string of the molecule is O=C(Nc1nnc(-c2ccc(Br)o2)o1)c1cccc([N+](=O)[O-])c1. The molecule has 3 aromatic rings. The summed E-state index contributed by atoms with van der Waals surface area (Å²) in [4.78, 5) is 22.2. The summed E-state index contributed by atoms with van der Waals surface area (Å²) in [6, 6.07) is 8.40. The number of nitro groups is 1. The molecule has 0 fully saturated rings. The van der Waals surface area contributed by atoms with Gasteiger partial charge in [-0.05, 0) is 34.1 Å². The summed E-state index contributed by atoms with van der Waals surface area (Å²) in [5.74, 6) is -0.185. The van der Waals surface area contributed by atoms with E-state index in [4.69, 9.17) is 8.83 Å². The standard InChI is InChI=1S/C13H7BrN4O5/c14-10-5-4-9(22-10)12-16-17-13(23-12)15-11(19)7-2-1-3-8(6-7)18(20)21/h1-6H,(H,15,17,19). The van der Waals surface area contributed by atoms with E-state index in [9.17, 15) is 14.9 Å². The number of nitro benzene ring substituents is 1. The van der Waals surface area contributed by atoms with E-state index in [-0.39, 0.29) is 23.2 Å². The highest BCUT2D eigenvalue weighted by Crippen LogP contribution is 2.25. The Bertz CT molecular complexity index is 888. The van der Waals surface area contributed by atoms with E-state index in [1.165, 1.54) is 18.2 Å².